The molecule has 0 aromatic rings. The van der Waals surface area contributed by atoms with Crippen LogP contribution in [-0.2, 0) is 19.1 Å². The van der Waals surface area contributed by atoms with E-state index in [1.165, 1.54) is 0 Å². The third kappa shape index (κ3) is 1.14. The smallest absolute Gasteiger partial charge is 0.312 e. The normalized spacial score (nSPS) is 45.2. The van der Waals surface area contributed by atoms with E-state index in [2.05, 4.69) is 0 Å². The van der Waals surface area contributed by atoms with Crippen LogP contribution in [0.25, 0.3) is 0 Å². The largest absolute Gasteiger partial charge is 0.461 e. The summed E-state index contributed by atoms with van der Waals surface area (Å²) in [4.78, 5) is 23.6. The van der Waals surface area contributed by atoms with E-state index in [0.29, 0.717) is 0 Å². The molecule has 0 aromatic heterocycles. The summed E-state index contributed by atoms with van der Waals surface area (Å²) < 4.78 is 11.0. The maximum atomic E-state index is 11.8. The van der Waals surface area contributed by atoms with Gasteiger partial charge in [-0.25, -0.2) is 0 Å². The highest BCUT2D eigenvalue weighted by molar-refractivity contribution is 5.82. The highest BCUT2D eigenvalue weighted by Gasteiger charge is 2.68. The molecule has 4 heteroatoms. The molecule has 0 amide bonds. The van der Waals surface area contributed by atoms with Crippen LogP contribution >= 0.6 is 0 Å². The van der Waals surface area contributed by atoms with Crippen LogP contribution in [0.15, 0.2) is 0 Å². The van der Waals surface area contributed by atoms with Gasteiger partial charge >= 0.3 is 11.9 Å². The standard InChI is InChI=1S/C13H18O4/c1-12(2)6-5-7-8(9(6)17-10(12)14)13(3,4)11(15)16-7/h6-9H,5H2,1-4H3. The minimum absolute atomic E-state index is 0.0192. The zero-order chi connectivity index (χ0) is 12.6. The number of ether oxygens (including phenoxy) is 2. The molecular weight excluding hydrogens is 220 g/mol. The van der Waals surface area contributed by atoms with Gasteiger partial charge in [0.15, 0.2) is 0 Å². The topological polar surface area (TPSA) is 52.6 Å². The van der Waals surface area contributed by atoms with Crippen molar-refractivity contribution in [1.82, 2.24) is 0 Å². The third-order valence-corrected chi connectivity index (χ3v) is 4.95. The van der Waals surface area contributed by atoms with Gasteiger partial charge in [0.2, 0.25) is 0 Å². The predicted octanol–water partition coefficient (Wildman–Crippen LogP) is 1.53. The highest BCUT2D eigenvalue weighted by atomic mass is 16.6. The lowest BCUT2D eigenvalue weighted by Gasteiger charge is -2.26. The number of esters is 2. The van der Waals surface area contributed by atoms with E-state index in [0.717, 1.165) is 6.42 Å². The molecule has 4 unspecified atom stereocenters. The van der Waals surface area contributed by atoms with Crippen molar-refractivity contribution in [2.45, 2.75) is 46.3 Å². The number of carbonyl (C=O) groups is 2. The Morgan fingerprint density at radius 1 is 1.00 bits per heavy atom. The lowest BCUT2D eigenvalue weighted by Crippen LogP contribution is -2.35. The first-order valence-corrected chi connectivity index (χ1v) is 6.18. The first-order valence-electron chi connectivity index (χ1n) is 6.18. The second-order valence-electron chi connectivity index (χ2n) is 6.63. The SMILES string of the molecule is CC1(C)C(=O)OC2C1CC1OC(=O)C(C)(C)C12. The zero-order valence-corrected chi connectivity index (χ0v) is 10.6. The summed E-state index contributed by atoms with van der Waals surface area (Å²) in [5.41, 5.74) is -0.984. The average Bonchev–Trinajstić information content (AvgIpc) is 2.72. The van der Waals surface area contributed by atoms with E-state index in [9.17, 15) is 9.59 Å². The molecule has 1 aliphatic carbocycles. The molecule has 0 aromatic carbocycles. The summed E-state index contributed by atoms with van der Waals surface area (Å²) in [6.45, 7) is 7.63. The maximum Gasteiger partial charge on any atom is 0.312 e. The predicted molar refractivity (Wildman–Crippen MR) is 58.9 cm³/mol. The van der Waals surface area contributed by atoms with Crippen molar-refractivity contribution in [2.75, 3.05) is 0 Å². The van der Waals surface area contributed by atoms with Crippen molar-refractivity contribution in [1.29, 1.82) is 0 Å². The fraction of sp³-hybridized carbons (Fsp3) is 0.846. The monoisotopic (exact) mass is 238 g/mol. The molecule has 0 radical (unpaired) electrons. The molecule has 17 heavy (non-hydrogen) atoms. The van der Waals surface area contributed by atoms with Gasteiger partial charge in [0.1, 0.15) is 12.2 Å². The lowest BCUT2D eigenvalue weighted by molar-refractivity contribution is -0.151. The second-order valence-corrected chi connectivity index (χ2v) is 6.63. The van der Waals surface area contributed by atoms with Crippen molar-refractivity contribution in [2.24, 2.45) is 22.7 Å². The fourth-order valence-electron chi connectivity index (χ4n) is 3.70. The number of hydrogen-bond donors (Lipinski definition) is 0. The summed E-state index contributed by atoms with van der Waals surface area (Å²) in [7, 11) is 0. The van der Waals surface area contributed by atoms with Crippen molar-refractivity contribution in [3.05, 3.63) is 0 Å². The van der Waals surface area contributed by atoms with Crippen LogP contribution in [0.2, 0.25) is 0 Å². The highest BCUT2D eigenvalue weighted by Crippen LogP contribution is 2.58. The molecule has 0 bridgehead atoms. The van der Waals surface area contributed by atoms with Gasteiger partial charge in [-0.05, 0) is 34.1 Å². The molecule has 3 rings (SSSR count). The summed E-state index contributed by atoms with van der Waals surface area (Å²) in [5, 5.41) is 0. The number of carbonyl (C=O) groups excluding carboxylic acids is 2. The van der Waals surface area contributed by atoms with E-state index < -0.39 is 10.8 Å². The molecule has 4 nitrogen and oxygen atoms in total. The summed E-state index contributed by atoms with van der Waals surface area (Å²) in [6.07, 6.45) is 0.535. The van der Waals surface area contributed by atoms with Crippen LogP contribution in [0.1, 0.15) is 34.1 Å². The van der Waals surface area contributed by atoms with Crippen LogP contribution in [0, 0.1) is 22.7 Å². The van der Waals surface area contributed by atoms with Crippen molar-refractivity contribution in [3.63, 3.8) is 0 Å². The van der Waals surface area contributed by atoms with E-state index in [1.807, 2.05) is 27.7 Å². The summed E-state index contributed by atoms with van der Waals surface area (Å²) in [5.74, 6) is -0.101. The molecule has 94 valence electrons. The molecular formula is C13H18O4. The van der Waals surface area contributed by atoms with Crippen molar-refractivity contribution >= 4 is 11.9 Å². The molecule has 0 spiro atoms. The maximum absolute atomic E-state index is 11.8. The Hall–Kier alpha value is -1.06. The third-order valence-electron chi connectivity index (χ3n) is 4.95. The fourth-order valence-corrected chi connectivity index (χ4v) is 3.70. The quantitative estimate of drug-likeness (QED) is 0.600. The van der Waals surface area contributed by atoms with Gasteiger partial charge in [-0.15, -0.1) is 0 Å². The van der Waals surface area contributed by atoms with Gasteiger partial charge in [0.05, 0.1) is 10.8 Å². The van der Waals surface area contributed by atoms with Gasteiger partial charge in [-0.3, -0.25) is 9.59 Å². The van der Waals surface area contributed by atoms with E-state index in [4.69, 9.17) is 9.47 Å². The van der Waals surface area contributed by atoms with Crippen LogP contribution in [0.5, 0.6) is 0 Å². The van der Waals surface area contributed by atoms with E-state index >= 15 is 0 Å². The van der Waals surface area contributed by atoms with Gasteiger partial charge in [-0.1, -0.05) is 0 Å². The van der Waals surface area contributed by atoms with Crippen molar-refractivity contribution < 1.29 is 19.1 Å². The molecule has 4 atom stereocenters. The molecule has 1 saturated carbocycles. The molecule has 2 heterocycles. The first kappa shape index (κ1) is 11.1. The second kappa shape index (κ2) is 2.85. The van der Waals surface area contributed by atoms with Gasteiger partial charge in [-0.2, -0.15) is 0 Å². The Balaban J connectivity index is 1.98. The van der Waals surface area contributed by atoms with E-state index in [1.54, 1.807) is 0 Å². The van der Waals surface area contributed by atoms with Crippen LogP contribution in [-0.4, -0.2) is 24.1 Å². The minimum Gasteiger partial charge on any atom is -0.461 e. The Morgan fingerprint density at radius 2 is 1.59 bits per heavy atom. The van der Waals surface area contributed by atoms with Crippen LogP contribution in [0.4, 0.5) is 0 Å². The molecule has 3 fully saturated rings. The average molecular weight is 238 g/mol. The summed E-state index contributed by atoms with van der Waals surface area (Å²) in [6, 6.07) is 0. The van der Waals surface area contributed by atoms with Gasteiger partial charge in [0.25, 0.3) is 0 Å². The Morgan fingerprint density at radius 3 is 2.24 bits per heavy atom. The molecule has 3 aliphatic rings. The Kier molecular flexibility index (Phi) is 1.85. The number of fused-ring (bicyclic) bond motifs is 3. The van der Waals surface area contributed by atoms with E-state index in [-0.39, 0.29) is 36.0 Å². The molecule has 0 N–H and O–H groups in total. The van der Waals surface area contributed by atoms with Crippen LogP contribution < -0.4 is 0 Å². The van der Waals surface area contributed by atoms with Crippen molar-refractivity contribution in [3.8, 4) is 0 Å². The minimum atomic E-state index is -0.537. The Labute approximate surface area is 101 Å². The first-order chi connectivity index (χ1) is 7.76. The number of hydrogen-bond acceptors (Lipinski definition) is 4. The van der Waals surface area contributed by atoms with Crippen LogP contribution in [0.3, 0.4) is 0 Å². The molecule has 2 saturated heterocycles. The zero-order valence-electron chi connectivity index (χ0n) is 10.6. The summed E-state index contributed by atoms with van der Waals surface area (Å²) >= 11 is 0. The lowest BCUT2D eigenvalue weighted by atomic mass is 9.74. The Bertz CT molecular complexity index is 410. The molecule has 2 aliphatic heterocycles. The van der Waals surface area contributed by atoms with Gasteiger partial charge < -0.3 is 9.47 Å². The number of rotatable bonds is 0. The van der Waals surface area contributed by atoms with Gasteiger partial charge in [0, 0.05) is 11.8 Å².